The first-order valence-corrected chi connectivity index (χ1v) is 10.4. The van der Waals surface area contributed by atoms with E-state index in [1.807, 2.05) is 31.2 Å². The van der Waals surface area contributed by atoms with Crippen LogP contribution in [0.3, 0.4) is 0 Å². The van der Waals surface area contributed by atoms with Gasteiger partial charge in [0.05, 0.1) is 10.9 Å². The lowest BCUT2D eigenvalue weighted by Crippen LogP contribution is -2.39. The maximum absolute atomic E-state index is 12.4. The molecule has 146 valence electrons. The second-order valence-corrected chi connectivity index (χ2v) is 8.55. The third-order valence-corrected chi connectivity index (χ3v) is 5.38. The van der Waals surface area contributed by atoms with Crippen LogP contribution >= 0.6 is 0 Å². The summed E-state index contributed by atoms with van der Waals surface area (Å²) in [6, 6.07) is 13.5. The highest BCUT2D eigenvalue weighted by Crippen LogP contribution is 2.18. The molecule has 6 nitrogen and oxygen atoms in total. The predicted octanol–water partition coefficient (Wildman–Crippen LogP) is 3.14. The molecule has 2 rings (SSSR count). The minimum atomic E-state index is -3.71. The summed E-state index contributed by atoms with van der Waals surface area (Å²) in [5, 5.41) is 11.2. The van der Waals surface area contributed by atoms with Gasteiger partial charge in [0.1, 0.15) is 0 Å². The number of amides is 1. The fraction of sp³-hybridized carbons (Fsp3) is 0.350. The largest absolute Gasteiger partial charge is 0.325 e. The van der Waals surface area contributed by atoms with E-state index in [4.69, 9.17) is 5.14 Å². The van der Waals surface area contributed by atoms with Crippen LogP contribution in [0.4, 0.5) is 5.69 Å². The number of sulfonamides is 1. The summed E-state index contributed by atoms with van der Waals surface area (Å²) in [7, 11) is -3.71. The molecule has 0 aliphatic rings. The van der Waals surface area contributed by atoms with Crippen LogP contribution in [-0.4, -0.2) is 20.4 Å². The van der Waals surface area contributed by atoms with Gasteiger partial charge in [0.2, 0.25) is 15.9 Å². The van der Waals surface area contributed by atoms with Gasteiger partial charge in [0, 0.05) is 11.7 Å². The number of carbonyl (C=O) groups is 1. The van der Waals surface area contributed by atoms with E-state index in [1.54, 1.807) is 19.1 Å². The van der Waals surface area contributed by atoms with Crippen molar-refractivity contribution in [1.82, 2.24) is 5.32 Å². The average molecular weight is 390 g/mol. The van der Waals surface area contributed by atoms with Crippen molar-refractivity contribution in [3.05, 3.63) is 59.7 Å². The minimum Gasteiger partial charge on any atom is -0.325 e. The molecule has 2 aromatic carbocycles. The molecule has 0 heterocycles. The Kier molecular flexibility index (Phi) is 6.75. The maximum Gasteiger partial charge on any atom is 0.241 e. The van der Waals surface area contributed by atoms with Crippen molar-refractivity contribution in [2.45, 2.75) is 50.6 Å². The van der Waals surface area contributed by atoms with E-state index in [0.717, 1.165) is 11.3 Å². The van der Waals surface area contributed by atoms with Crippen molar-refractivity contribution < 1.29 is 13.2 Å². The monoisotopic (exact) mass is 389 g/mol. The van der Waals surface area contributed by atoms with E-state index in [2.05, 4.69) is 24.5 Å². The summed E-state index contributed by atoms with van der Waals surface area (Å²) >= 11 is 0. The van der Waals surface area contributed by atoms with Gasteiger partial charge in [-0.25, -0.2) is 13.6 Å². The number of hydrogen-bond acceptors (Lipinski definition) is 4. The van der Waals surface area contributed by atoms with E-state index < -0.39 is 16.1 Å². The van der Waals surface area contributed by atoms with Crippen LogP contribution in [-0.2, 0) is 14.8 Å². The maximum atomic E-state index is 12.4. The summed E-state index contributed by atoms with van der Waals surface area (Å²) in [5.41, 5.74) is 2.84. The van der Waals surface area contributed by atoms with Gasteiger partial charge >= 0.3 is 0 Å². The van der Waals surface area contributed by atoms with Crippen molar-refractivity contribution in [2.24, 2.45) is 5.14 Å². The Morgan fingerprint density at radius 2 is 1.41 bits per heavy atom. The van der Waals surface area contributed by atoms with Gasteiger partial charge in [-0.2, -0.15) is 0 Å². The fourth-order valence-corrected chi connectivity index (χ4v) is 3.21. The van der Waals surface area contributed by atoms with Crippen LogP contribution in [0.1, 0.15) is 50.8 Å². The molecule has 0 radical (unpaired) electrons. The number of rotatable bonds is 7. The zero-order chi connectivity index (χ0) is 20.2. The highest BCUT2D eigenvalue weighted by atomic mass is 32.2. The van der Waals surface area contributed by atoms with E-state index in [0.29, 0.717) is 5.92 Å². The third kappa shape index (κ3) is 5.89. The first-order valence-electron chi connectivity index (χ1n) is 8.87. The third-order valence-electron chi connectivity index (χ3n) is 4.45. The summed E-state index contributed by atoms with van der Waals surface area (Å²) in [4.78, 5) is 12.5. The fourth-order valence-electron chi connectivity index (χ4n) is 2.69. The molecule has 0 aromatic heterocycles. The summed E-state index contributed by atoms with van der Waals surface area (Å²) in [6.45, 7) is 7.94. The van der Waals surface area contributed by atoms with Crippen LogP contribution in [0.2, 0.25) is 0 Å². The van der Waals surface area contributed by atoms with Crippen molar-refractivity contribution in [1.29, 1.82) is 0 Å². The topological polar surface area (TPSA) is 101 Å². The number of benzene rings is 2. The number of anilines is 1. The van der Waals surface area contributed by atoms with Gasteiger partial charge < -0.3 is 5.32 Å². The second kappa shape index (κ2) is 8.65. The molecule has 0 saturated carbocycles. The number of hydrogen-bond donors (Lipinski definition) is 3. The van der Waals surface area contributed by atoms with E-state index >= 15 is 0 Å². The molecule has 7 heteroatoms. The van der Waals surface area contributed by atoms with Gasteiger partial charge in [-0.05, 0) is 55.2 Å². The van der Waals surface area contributed by atoms with Crippen molar-refractivity contribution in [3.8, 4) is 0 Å². The second-order valence-electron chi connectivity index (χ2n) is 6.99. The molecule has 27 heavy (non-hydrogen) atoms. The standard InChI is InChI=1S/C20H27N3O3S/c1-13(2)16-5-9-18(10-6-16)23-20(24)15(4)22-14(3)17-7-11-19(12-8-17)27(21,25)26/h5-15,22H,1-4H3,(H,23,24)(H2,21,25,26). The normalized spacial score (nSPS) is 14.0. The molecule has 0 saturated heterocycles. The van der Waals surface area contributed by atoms with Crippen LogP contribution in [0, 0.1) is 0 Å². The van der Waals surface area contributed by atoms with Gasteiger partial charge in [-0.3, -0.25) is 10.1 Å². The quantitative estimate of drug-likeness (QED) is 0.677. The average Bonchev–Trinajstić information content (AvgIpc) is 2.61. The Labute approximate surface area is 161 Å². The zero-order valence-electron chi connectivity index (χ0n) is 16.1. The Morgan fingerprint density at radius 1 is 0.889 bits per heavy atom. The highest BCUT2D eigenvalue weighted by Gasteiger charge is 2.17. The number of nitrogens with two attached hydrogens (primary N) is 1. The molecular weight excluding hydrogens is 362 g/mol. The molecule has 2 unspecified atom stereocenters. The highest BCUT2D eigenvalue weighted by molar-refractivity contribution is 7.89. The molecule has 0 spiro atoms. The Morgan fingerprint density at radius 3 is 1.89 bits per heavy atom. The van der Waals surface area contributed by atoms with Gasteiger partial charge in [0.25, 0.3) is 0 Å². The Hall–Kier alpha value is -2.22. The minimum absolute atomic E-state index is 0.0640. The van der Waals surface area contributed by atoms with Gasteiger partial charge in [-0.1, -0.05) is 38.1 Å². The van der Waals surface area contributed by atoms with Crippen LogP contribution in [0.25, 0.3) is 0 Å². The molecule has 2 aromatic rings. The molecule has 1 amide bonds. The predicted molar refractivity (Wildman–Crippen MR) is 108 cm³/mol. The molecule has 0 aliphatic carbocycles. The first-order chi connectivity index (χ1) is 12.6. The SMILES string of the molecule is CC(NC(C)c1ccc(S(N)(=O)=O)cc1)C(=O)Nc1ccc(C(C)C)cc1. The lowest BCUT2D eigenvalue weighted by Gasteiger charge is -2.20. The van der Waals surface area contributed by atoms with E-state index in [9.17, 15) is 13.2 Å². The summed E-state index contributed by atoms with van der Waals surface area (Å²) < 4.78 is 22.6. The van der Waals surface area contributed by atoms with Crippen molar-refractivity contribution in [2.75, 3.05) is 5.32 Å². The molecule has 0 aliphatic heterocycles. The van der Waals surface area contributed by atoms with Gasteiger partial charge in [-0.15, -0.1) is 0 Å². The van der Waals surface area contributed by atoms with Crippen LogP contribution < -0.4 is 15.8 Å². The smallest absolute Gasteiger partial charge is 0.241 e. The summed E-state index contributed by atoms with van der Waals surface area (Å²) in [5.74, 6) is 0.303. The van der Waals surface area contributed by atoms with Crippen molar-refractivity contribution >= 4 is 21.6 Å². The van der Waals surface area contributed by atoms with Crippen molar-refractivity contribution in [3.63, 3.8) is 0 Å². The molecule has 2 atom stereocenters. The van der Waals surface area contributed by atoms with E-state index in [1.165, 1.54) is 17.7 Å². The molecular formula is C20H27N3O3S. The summed E-state index contributed by atoms with van der Waals surface area (Å²) in [6.07, 6.45) is 0. The molecule has 0 fully saturated rings. The number of carbonyl (C=O) groups excluding carboxylic acids is 1. The van der Waals surface area contributed by atoms with Gasteiger partial charge in [0.15, 0.2) is 0 Å². The van der Waals surface area contributed by atoms with Crippen LogP contribution in [0.5, 0.6) is 0 Å². The Bertz CT molecular complexity index is 876. The molecule has 0 bridgehead atoms. The van der Waals surface area contributed by atoms with Crippen LogP contribution in [0.15, 0.2) is 53.4 Å². The molecule has 4 N–H and O–H groups in total. The first kappa shape index (κ1) is 21.1. The zero-order valence-corrected chi connectivity index (χ0v) is 16.9. The number of primary sulfonamides is 1. The van der Waals surface area contributed by atoms with E-state index in [-0.39, 0.29) is 16.8 Å². The number of nitrogens with one attached hydrogen (secondary N) is 2. The lowest BCUT2D eigenvalue weighted by molar-refractivity contribution is -0.117. The lowest BCUT2D eigenvalue weighted by atomic mass is 10.0. The Balaban J connectivity index is 1.96.